The molecule has 0 aliphatic carbocycles. The van der Waals surface area contributed by atoms with Crippen LogP contribution in [0.3, 0.4) is 0 Å². The number of oxazole rings is 1. The Balaban J connectivity index is 1.77. The predicted octanol–water partition coefficient (Wildman–Crippen LogP) is 4.88. The first-order chi connectivity index (χ1) is 11.7. The van der Waals surface area contributed by atoms with E-state index < -0.39 is 0 Å². The van der Waals surface area contributed by atoms with Gasteiger partial charge in [-0.05, 0) is 53.6 Å². The van der Waals surface area contributed by atoms with Gasteiger partial charge in [-0.25, -0.2) is 4.98 Å². The van der Waals surface area contributed by atoms with E-state index in [9.17, 15) is 5.11 Å². The minimum Gasteiger partial charge on any atom is -0.508 e. The minimum atomic E-state index is 0.250. The molecule has 1 aromatic heterocycles. The van der Waals surface area contributed by atoms with Crippen molar-refractivity contribution in [1.29, 1.82) is 0 Å². The van der Waals surface area contributed by atoms with E-state index in [0.29, 0.717) is 5.89 Å². The first-order valence-corrected chi connectivity index (χ1v) is 7.57. The number of hydrogen-bond acceptors (Lipinski definition) is 4. The number of aromatic hydroxyl groups is 1. The third-order valence-electron chi connectivity index (χ3n) is 3.91. The number of rotatable bonds is 3. The second-order valence-corrected chi connectivity index (χ2v) is 5.48. The number of nitrogens with zero attached hydrogens (tertiary/aromatic N) is 1. The molecule has 118 valence electrons. The molecule has 0 amide bonds. The summed E-state index contributed by atoms with van der Waals surface area (Å²) in [5.74, 6) is 1.58. The summed E-state index contributed by atoms with van der Waals surface area (Å²) in [6.45, 7) is 0. The molecule has 0 saturated heterocycles. The van der Waals surface area contributed by atoms with Crippen LogP contribution in [0.15, 0.2) is 71.1 Å². The largest absolute Gasteiger partial charge is 0.508 e. The molecule has 0 spiro atoms. The molecule has 24 heavy (non-hydrogen) atoms. The SMILES string of the molecule is COc1cccc(-c2nc3ccc(-c4ccc(O)cc4)cc3o2)c1. The molecule has 4 nitrogen and oxygen atoms in total. The lowest BCUT2D eigenvalue weighted by Gasteiger charge is -2.01. The lowest BCUT2D eigenvalue weighted by Crippen LogP contribution is -1.83. The molecule has 3 aromatic carbocycles. The molecule has 4 heteroatoms. The number of hydrogen-bond donors (Lipinski definition) is 1. The first-order valence-electron chi connectivity index (χ1n) is 7.57. The Morgan fingerprint density at radius 3 is 2.46 bits per heavy atom. The highest BCUT2D eigenvalue weighted by Crippen LogP contribution is 2.30. The van der Waals surface area contributed by atoms with Gasteiger partial charge in [0, 0.05) is 5.56 Å². The maximum Gasteiger partial charge on any atom is 0.227 e. The smallest absolute Gasteiger partial charge is 0.227 e. The van der Waals surface area contributed by atoms with E-state index in [1.807, 2.05) is 54.6 Å². The van der Waals surface area contributed by atoms with Crippen LogP contribution in [0.1, 0.15) is 0 Å². The zero-order chi connectivity index (χ0) is 16.5. The summed E-state index contributed by atoms with van der Waals surface area (Å²) in [6.07, 6.45) is 0. The van der Waals surface area contributed by atoms with Gasteiger partial charge in [0.2, 0.25) is 5.89 Å². The molecule has 0 aliphatic heterocycles. The highest BCUT2D eigenvalue weighted by molar-refractivity contribution is 5.82. The molecule has 1 N–H and O–H groups in total. The van der Waals surface area contributed by atoms with Gasteiger partial charge in [0.15, 0.2) is 5.58 Å². The molecule has 0 saturated carbocycles. The van der Waals surface area contributed by atoms with Gasteiger partial charge in [-0.15, -0.1) is 0 Å². The van der Waals surface area contributed by atoms with Gasteiger partial charge in [0.05, 0.1) is 7.11 Å². The van der Waals surface area contributed by atoms with Crippen LogP contribution >= 0.6 is 0 Å². The highest BCUT2D eigenvalue weighted by Gasteiger charge is 2.10. The van der Waals surface area contributed by atoms with E-state index in [2.05, 4.69) is 4.98 Å². The lowest BCUT2D eigenvalue weighted by molar-refractivity contribution is 0.415. The Morgan fingerprint density at radius 1 is 0.875 bits per heavy atom. The van der Waals surface area contributed by atoms with Crippen molar-refractivity contribution in [1.82, 2.24) is 4.98 Å². The number of benzene rings is 3. The number of aromatic nitrogens is 1. The van der Waals surface area contributed by atoms with E-state index in [1.54, 1.807) is 19.2 Å². The van der Waals surface area contributed by atoms with E-state index in [4.69, 9.17) is 9.15 Å². The van der Waals surface area contributed by atoms with E-state index in [0.717, 1.165) is 33.5 Å². The average Bonchev–Trinajstić information content (AvgIpc) is 3.05. The summed E-state index contributed by atoms with van der Waals surface area (Å²) in [6, 6.07) is 20.6. The van der Waals surface area contributed by atoms with Crippen LogP contribution in [-0.4, -0.2) is 17.2 Å². The molecule has 4 rings (SSSR count). The molecule has 1 heterocycles. The third-order valence-corrected chi connectivity index (χ3v) is 3.91. The van der Waals surface area contributed by atoms with E-state index in [-0.39, 0.29) is 5.75 Å². The van der Waals surface area contributed by atoms with Crippen molar-refractivity contribution in [3.05, 3.63) is 66.7 Å². The van der Waals surface area contributed by atoms with Crippen LogP contribution in [0, 0.1) is 0 Å². The molecule has 0 radical (unpaired) electrons. The molecule has 0 fully saturated rings. The summed E-state index contributed by atoms with van der Waals surface area (Å²) in [7, 11) is 1.63. The second kappa shape index (κ2) is 5.74. The fourth-order valence-corrected chi connectivity index (χ4v) is 2.64. The van der Waals surface area contributed by atoms with Gasteiger partial charge >= 0.3 is 0 Å². The summed E-state index contributed by atoms with van der Waals surface area (Å²) < 4.78 is 11.2. The van der Waals surface area contributed by atoms with Crippen molar-refractivity contribution in [2.75, 3.05) is 7.11 Å². The van der Waals surface area contributed by atoms with Crippen LogP contribution in [-0.2, 0) is 0 Å². The quantitative estimate of drug-likeness (QED) is 0.585. The number of fused-ring (bicyclic) bond motifs is 1. The van der Waals surface area contributed by atoms with Crippen LogP contribution in [0.4, 0.5) is 0 Å². The van der Waals surface area contributed by atoms with Gasteiger partial charge in [-0.1, -0.05) is 24.3 Å². The van der Waals surface area contributed by atoms with E-state index >= 15 is 0 Å². The molecular formula is C20H15NO3. The number of methoxy groups -OCH3 is 1. The predicted molar refractivity (Wildman–Crippen MR) is 93.1 cm³/mol. The zero-order valence-electron chi connectivity index (χ0n) is 13.1. The number of ether oxygens (including phenoxy) is 1. The fourth-order valence-electron chi connectivity index (χ4n) is 2.64. The monoisotopic (exact) mass is 317 g/mol. The van der Waals surface area contributed by atoms with Crippen LogP contribution in [0.5, 0.6) is 11.5 Å². The fraction of sp³-hybridized carbons (Fsp3) is 0.0500. The van der Waals surface area contributed by atoms with Crippen molar-refractivity contribution < 1.29 is 14.3 Å². The molecule has 0 bridgehead atoms. The van der Waals surface area contributed by atoms with Crippen molar-refractivity contribution >= 4 is 11.1 Å². The van der Waals surface area contributed by atoms with Gasteiger partial charge < -0.3 is 14.3 Å². The Labute approximate surface area is 139 Å². The maximum atomic E-state index is 9.41. The van der Waals surface area contributed by atoms with Crippen molar-refractivity contribution in [3.8, 4) is 34.1 Å². The lowest BCUT2D eigenvalue weighted by atomic mass is 10.1. The number of phenolic OH excluding ortho intramolecular Hbond substituents is 1. The molecule has 0 aliphatic rings. The maximum absolute atomic E-state index is 9.41. The van der Waals surface area contributed by atoms with Crippen LogP contribution < -0.4 is 4.74 Å². The number of phenols is 1. The summed E-state index contributed by atoms with van der Waals surface area (Å²) in [5.41, 5.74) is 4.41. The van der Waals surface area contributed by atoms with Crippen LogP contribution in [0.25, 0.3) is 33.7 Å². The Kier molecular flexibility index (Phi) is 3.43. The summed E-state index contributed by atoms with van der Waals surface area (Å²) >= 11 is 0. The molecule has 4 aromatic rings. The Hall–Kier alpha value is -3.27. The molecule has 0 atom stereocenters. The Bertz CT molecular complexity index is 1000. The van der Waals surface area contributed by atoms with Gasteiger partial charge in [-0.2, -0.15) is 0 Å². The Morgan fingerprint density at radius 2 is 1.67 bits per heavy atom. The van der Waals surface area contributed by atoms with Crippen molar-refractivity contribution in [2.45, 2.75) is 0 Å². The van der Waals surface area contributed by atoms with Gasteiger partial charge in [-0.3, -0.25) is 0 Å². The summed E-state index contributed by atoms with van der Waals surface area (Å²) in [5, 5.41) is 9.41. The minimum absolute atomic E-state index is 0.250. The third kappa shape index (κ3) is 2.58. The zero-order valence-corrected chi connectivity index (χ0v) is 13.1. The topological polar surface area (TPSA) is 55.5 Å². The van der Waals surface area contributed by atoms with Gasteiger partial charge in [0.25, 0.3) is 0 Å². The van der Waals surface area contributed by atoms with Crippen molar-refractivity contribution in [3.63, 3.8) is 0 Å². The summed E-state index contributed by atoms with van der Waals surface area (Å²) in [4.78, 5) is 4.55. The van der Waals surface area contributed by atoms with Gasteiger partial charge in [0.1, 0.15) is 17.0 Å². The molecular weight excluding hydrogens is 302 g/mol. The first kappa shape index (κ1) is 14.3. The average molecular weight is 317 g/mol. The van der Waals surface area contributed by atoms with Crippen LogP contribution in [0.2, 0.25) is 0 Å². The normalized spacial score (nSPS) is 10.9. The van der Waals surface area contributed by atoms with E-state index in [1.165, 1.54) is 0 Å². The highest BCUT2D eigenvalue weighted by atomic mass is 16.5. The second-order valence-electron chi connectivity index (χ2n) is 5.48. The standard InChI is InChI=1S/C20H15NO3/c1-23-17-4-2-3-15(11-17)20-21-18-10-7-14(12-19(18)24-20)13-5-8-16(22)9-6-13/h2-12,22H,1H3. The van der Waals surface area contributed by atoms with Crippen molar-refractivity contribution in [2.24, 2.45) is 0 Å². The molecule has 0 unspecified atom stereocenters.